The summed E-state index contributed by atoms with van der Waals surface area (Å²) in [6, 6.07) is 0. The monoisotopic (exact) mass is 358 g/mol. The highest BCUT2D eigenvalue weighted by Gasteiger charge is 2.45. The van der Waals surface area contributed by atoms with Crippen LogP contribution in [0.25, 0.3) is 0 Å². The molecular formula is C15H26N4O4S. The van der Waals surface area contributed by atoms with Crippen LogP contribution in [0, 0.1) is 0 Å². The Balaban J connectivity index is 1.78. The summed E-state index contributed by atoms with van der Waals surface area (Å²) in [5.41, 5.74) is -0.557. The van der Waals surface area contributed by atoms with Crippen LogP contribution in [0.15, 0.2) is 17.6 Å². The summed E-state index contributed by atoms with van der Waals surface area (Å²) < 4.78 is 40.8. The largest absolute Gasteiger partial charge is 0.377 e. The van der Waals surface area contributed by atoms with Gasteiger partial charge in [-0.1, -0.05) is 0 Å². The van der Waals surface area contributed by atoms with E-state index in [1.165, 1.54) is 16.8 Å². The van der Waals surface area contributed by atoms with E-state index in [0.29, 0.717) is 26.3 Å². The van der Waals surface area contributed by atoms with Gasteiger partial charge in [-0.3, -0.25) is 0 Å². The van der Waals surface area contributed by atoms with E-state index in [1.54, 1.807) is 11.6 Å². The molecule has 3 heterocycles. The number of aromatic nitrogens is 2. The Bertz CT molecular complexity index is 675. The summed E-state index contributed by atoms with van der Waals surface area (Å²) in [6.45, 7) is 2.27. The lowest BCUT2D eigenvalue weighted by atomic mass is 10.0. The standard InChI is InChI=1S/C15H26N4O4S/c1-17(2)8-13-4-5-15(23-13)10-19(6-7-22-11-15)24(20,21)14-9-18(3)12-16-14/h9,12-13H,4-8,10-11H2,1-3H3. The topological polar surface area (TPSA) is 76.9 Å². The molecule has 2 saturated heterocycles. The third kappa shape index (κ3) is 3.65. The lowest BCUT2D eigenvalue weighted by molar-refractivity contribution is -0.0858. The Kier molecular flexibility index (Phi) is 4.99. The number of hydrogen-bond donors (Lipinski definition) is 0. The summed E-state index contributed by atoms with van der Waals surface area (Å²) in [6.07, 6.45) is 4.86. The van der Waals surface area contributed by atoms with Gasteiger partial charge in [0.25, 0.3) is 10.0 Å². The predicted molar refractivity (Wildman–Crippen MR) is 88.2 cm³/mol. The normalized spacial score (nSPS) is 29.4. The van der Waals surface area contributed by atoms with Gasteiger partial charge >= 0.3 is 0 Å². The second-order valence-electron chi connectivity index (χ2n) is 6.99. The molecule has 3 rings (SSSR count). The van der Waals surface area contributed by atoms with E-state index in [4.69, 9.17) is 9.47 Å². The first-order chi connectivity index (χ1) is 11.3. The van der Waals surface area contributed by atoms with Crippen LogP contribution in [0.2, 0.25) is 0 Å². The molecule has 24 heavy (non-hydrogen) atoms. The molecule has 0 radical (unpaired) electrons. The van der Waals surface area contributed by atoms with E-state index in [9.17, 15) is 8.42 Å². The van der Waals surface area contributed by atoms with E-state index in [-0.39, 0.29) is 11.1 Å². The molecule has 0 N–H and O–H groups in total. The molecule has 8 nitrogen and oxygen atoms in total. The first kappa shape index (κ1) is 17.8. The van der Waals surface area contributed by atoms with Crippen molar-refractivity contribution >= 4 is 10.0 Å². The molecule has 2 fully saturated rings. The number of hydrogen-bond acceptors (Lipinski definition) is 6. The maximum absolute atomic E-state index is 12.9. The molecule has 2 aliphatic heterocycles. The van der Waals surface area contributed by atoms with Gasteiger partial charge in [-0.2, -0.15) is 4.31 Å². The number of nitrogens with zero attached hydrogens (tertiary/aromatic N) is 4. The molecule has 0 saturated carbocycles. The number of likely N-dealkylation sites (N-methyl/N-ethyl adjacent to an activating group) is 1. The van der Waals surface area contributed by atoms with Crippen molar-refractivity contribution in [2.75, 3.05) is 46.9 Å². The van der Waals surface area contributed by atoms with Crippen LogP contribution in [0.5, 0.6) is 0 Å². The van der Waals surface area contributed by atoms with Gasteiger partial charge in [0.15, 0.2) is 5.03 Å². The number of aryl methyl sites for hydroxylation is 1. The predicted octanol–water partition coefficient (Wildman–Crippen LogP) is -0.0796. The maximum Gasteiger partial charge on any atom is 0.262 e. The third-order valence-corrected chi connectivity index (χ3v) is 6.24. The average Bonchev–Trinajstić information content (AvgIpc) is 3.02. The molecular weight excluding hydrogens is 332 g/mol. The molecule has 1 spiro atoms. The molecule has 0 aliphatic carbocycles. The second-order valence-corrected chi connectivity index (χ2v) is 8.88. The highest BCUT2D eigenvalue weighted by molar-refractivity contribution is 7.89. The molecule has 136 valence electrons. The van der Waals surface area contributed by atoms with Crippen molar-refractivity contribution in [2.45, 2.75) is 29.6 Å². The number of sulfonamides is 1. The highest BCUT2D eigenvalue weighted by atomic mass is 32.2. The van der Waals surface area contributed by atoms with Crippen molar-refractivity contribution in [2.24, 2.45) is 7.05 Å². The van der Waals surface area contributed by atoms with Gasteiger partial charge in [-0.05, 0) is 26.9 Å². The first-order valence-corrected chi connectivity index (χ1v) is 9.63. The molecule has 1 aromatic rings. The Morgan fingerprint density at radius 1 is 1.46 bits per heavy atom. The third-order valence-electron chi connectivity index (χ3n) is 4.51. The summed E-state index contributed by atoms with van der Waals surface area (Å²) in [7, 11) is 2.14. The minimum absolute atomic E-state index is 0.0740. The van der Waals surface area contributed by atoms with Gasteiger partial charge in [0.1, 0.15) is 5.60 Å². The molecule has 2 aliphatic rings. The smallest absolute Gasteiger partial charge is 0.262 e. The lowest BCUT2D eigenvalue weighted by Gasteiger charge is -2.31. The van der Waals surface area contributed by atoms with Crippen molar-refractivity contribution in [1.29, 1.82) is 0 Å². The number of rotatable bonds is 4. The van der Waals surface area contributed by atoms with Crippen molar-refractivity contribution in [3.05, 3.63) is 12.5 Å². The van der Waals surface area contributed by atoms with Gasteiger partial charge in [-0.15, -0.1) is 0 Å². The van der Waals surface area contributed by atoms with Gasteiger partial charge < -0.3 is 18.9 Å². The summed E-state index contributed by atoms with van der Waals surface area (Å²) in [4.78, 5) is 6.09. The maximum atomic E-state index is 12.9. The minimum atomic E-state index is -3.64. The Hall–Kier alpha value is -1.00. The fourth-order valence-corrected chi connectivity index (χ4v) is 4.85. The number of imidazole rings is 1. The molecule has 0 bridgehead atoms. The fourth-order valence-electron chi connectivity index (χ4n) is 3.38. The van der Waals surface area contributed by atoms with E-state index in [2.05, 4.69) is 9.88 Å². The SMILES string of the molecule is CN(C)CC1CCC2(COCCN(S(=O)(=O)c3cn(C)cn3)C2)O1. The van der Waals surface area contributed by atoms with Gasteiger partial charge in [0.2, 0.25) is 0 Å². The highest BCUT2D eigenvalue weighted by Crippen LogP contribution is 2.34. The Morgan fingerprint density at radius 2 is 2.25 bits per heavy atom. The van der Waals surface area contributed by atoms with Crippen LogP contribution in [0.1, 0.15) is 12.8 Å². The Labute approximate surface area is 143 Å². The van der Waals surface area contributed by atoms with Crippen LogP contribution in [0.3, 0.4) is 0 Å². The van der Waals surface area contributed by atoms with E-state index < -0.39 is 15.6 Å². The molecule has 2 unspecified atom stereocenters. The van der Waals surface area contributed by atoms with Crippen LogP contribution < -0.4 is 0 Å². The Morgan fingerprint density at radius 3 is 2.92 bits per heavy atom. The van der Waals surface area contributed by atoms with Crippen LogP contribution in [0.4, 0.5) is 0 Å². The molecule has 9 heteroatoms. The molecule has 2 atom stereocenters. The second kappa shape index (κ2) is 6.72. The molecule has 0 amide bonds. The quantitative estimate of drug-likeness (QED) is 0.749. The fraction of sp³-hybridized carbons (Fsp3) is 0.800. The zero-order valence-electron chi connectivity index (χ0n) is 14.5. The van der Waals surface area contributed by atoms with Gasteiger partial charge in [0, 0.05) is 32.9 Å². The lowest BCUT2D eigenvalue weighted by Crippen LogP contribution is -2.47. The van der Waals surface area contributed by atoms with Crippen molar-refractivity contribution in [3.8, 4) is 0 Å². The van der Waals surface area contributed by atoms with Crippen molar-refractivity contribution in [1.82, 2.24) is 18.8 Å². The van der Waals surface area contributed by atoms with E-state index in [1.807, 2.05) is 14.1 Å². The van der Waals surface area contributed by atoms with E-state index in [0.717, 1.165) is 19.4 Å². The minimum Gasteiger partial charge on any atom is -0.377 e. The first-order valence-electron chi connectivity index (χ1n) is 8.19. The van der Waals surface area contributed by atoms with Crippen LogP contribution in [-0.4, -0.2) is 85.8 Å². The zero-order valence-corrected chi connectivity index (χ0v) is 15.3. The molecule has 1 aromatic heterocycles. The summed E-state index contributed by atoms with van der Waals surface area (Å²) in [5.74, 6) is 0. The van der Waals surface area contributed by atoms with Crippen molar-refractivity contribution in [3.63, 3.8) is 0 Å². The van der Waals surface area contributed by atoms with E-state index >= 15 is 0 Å². The van der Waals surface area contributed by atoms with Crippen LogP contribution >= 0.6 is 0 Å². The van der Waals surface area contributed by atoms with Crippen molar-refractivity contribution < 1.29 is 17.9 Å². The van der Waals surface area contributed by atoms with Crippen LogP contribution in [-0.2, 0) is 26.5 Å². The zero-order chi connectivity index (χ0) is 17.4. The number of ether oxygens (including phenoxy) is 2. The average molecular weight is 358 g/mol. The molecule has 0 aromatic carbocycles. The van der Waals surface area contributed by atoms with Gasteiger partial charge in [0.05, 0.1) is 25.6 Å². The van der Waals surface area contributed by atoms with Gasteiger partial charge in [-0.25, -0.2) is 13.4 Å². The summed E-state index contributed by atoms with van der Waals surface area (Å²) in [5, 5.41) is 0.0740. The summed E-state index contributed by atoms with van der Waals surface area (Å²) >= 11 is 0.